The molecular formula is C9H8NO-. The third kappa shape index (κ3) is 0.792. The van der Waals surface area contributed by atoms with Crippen LogP contribution in [-0.2, 0) is 0 Å². The molecule has 0 atom stereocenters. The first-order valence-corrected chi connectivity index (χ1v) is 3.53. The van der Waals surface area contributed by atoms with E-state index in [1.807, 2.05) is 31.2 Å². The fourth-order valence-corrected chi connectivity index (χ4v) is 1.31. The largest absolute Gasteiger partial charge is 0.806 e. The van der Waals surface area contributed by atoms with Crippen LogP contribution in [0.5, 0.6) is 0 Å². The SMILES string of the molecule is Cc1cn([O-])c2ccccc12. The molecule has 0 saturated carbocycles. The predicted molar refractivity (Wildman–Crippen MR) is 45.4 cm³/mol. The maximum Gasteiger partial charge on any atom is 0.0435 e. The van der Waals surface area contributed by atoms with E-state index in [2.05, 4.69) is 0 Å². The van der Waals surface area contributed by atoms with Crippen molar-refractivity contribution < 1.29 is 0 Å². The molecule has 2 heteroatoms. The van der Waals surface area contributed by atoms with Gasteiger partial charge in [-0.25, -0.2) is 0 Å². The summed E-state index contributed by atoms with van der Waals surface area (Å²) in [6.07, 6.45) is 1.60. The lowest BCUT2D eigenvalue weighted by Crippen LogP contribution is -1.78. The normalized spacial score (nSPS) is 10.6. The van der Waals surface area contributed by atoms with Crippen LogP contribution in [0.4, 0.5) is 0 Å². The van der Waals surface area contributed by atoms with E-state index in [0.29, 0.717) is 0 Å². The lowest BCUT2D eigenvalue weighted by atomic mass is 10.2. The van der Waals surface area contributed by atoms with Gasteiger partial charge in [0.1, 0.15) is 0 Å². The molecule has 0 amide bonds. The Bertz CT molecular complexity index is 353. The molecule has 1 heterocycles. The molecule has 0 unspecified atom stereocenters. The van der Waals surface area contributed by atoms with Gasteiger partial charge in [0.2, 0.25) is 0 Å². The van der Waals surface area contributed by atoms with Gasteiger partial charge in [0.05, 0.1) is 0 Å². The van der Waals surface area contributed by atoms with Crippen LogP contribution >= 0.6 is 0 Å². The summed E-state index contributed by atoms with van der Waals surface area (Å²) in [4.78, 5) is 0. The second-order valence-electron chi connectivity index (χ2n) is 2.66. The average molecular weight is 146 g/mol. The Hall–Kier alpha value is -1.44. The molecule has 0 saturated heterocycles. The molecule has 0 bridgehead atoms. The molecule has 1 aromatic carbocycles. The second-order valence-corrected chi connectivity index (χ2v) is 2.66. The van der Waals surface area contributed by atoms with Crippen LogP contribution in [0.15, 0.2) is 30.5 Å². The van der Waals surface area contributed by atoms with E-state index in [1.54, 1.807) is 6.20 Å². The highest BCUT2D eigenvalue weighted by molar-refractivity contribution is 5.83. The minimum atomic E-state index is 0.755. The van der Waals surface area contributed by atoms with Crippen LogP contribution in [0.1, 0.15) is 5.56 Å². The van der Waals surface area contributed by atoms with Crippen molar-refractivity contribution in [2.45, 2.75) is 6.92 Å². The van der Waals surface area contributed by atoms with Crippen molar-refractivity contribution in [1.82, 2.24) is 4.73 Å². The lowest BCUT2D eigenvalue weighted by Gasteiger charge is -2.05. The number of nitrogens with zero attached hydrogens (tertiary/aromatic N) is 1. The minimum Gasteiger partial charge on any atom is -0.806 e. The zero-order valence-electron chi connectivity index (χ0n) is 6.24. The standard InChI is InChI=1S/C9H8NO/c1-7-6-10(11)9-5-3-2-4-8(7)9/h2-6H,1H3/q-1. The number of para-hydroxylation sites is 1. The molecule has 0 fully saturated rings. The first-order chi connectivity index (χ1) is 5.29. The van der Waals surface area contributed by atoms with Gasteiger partial charge >= 0.3 is 0 Å². The molecule has 0 spiro atoms. The van der Waals surface area contributed by atoms with Crippen LogP contribution in [0.25, 0.3) is 10.9 Å². The first-order valence-electron chi connectivity index (χ1n) is 3.53. The number of rotatable bonds is 0. The van der Waals surface area contributed by atoms with Crippen molar-refractivity contribution in [3.63, 3.8) is 0 Å². The molecule has 0 N–H and O–H groups in total. The number of hydrogen-bond acceptors (Lipinski definition) is 1. The Kier molecular flexibility index (Phi) is 1.15. The van der Waals surface area contributed by atoms with Crippen LogP contribution in [0, 0.1) is 12.1 Å². The monoisotopic (exact) mass is 146 g/mol. The molecule has 0 aliphatic carbocycles. The van der Waals surface area contributed by atoms with Crippen molar-refractivity contribution in [1.29, 1.82) is 0 Å². The molecular weight excluding hydrogens is 138 g/mol. The molecule has 0 radical (unpaired) electrons. The Morgan fingerprint density at radius 3 is 2.73 bits per heavy atom. The zero-order chi connectivity index (χ0) is 7.84. The van der Waals surface area contributed by atoms with Crippen molar-refractivity contribution in [3.8, 4) is 0 Å². The van der Waals surface area contributed by atoms with E-state index < -0.39 is 0 Å². The van der Waals surface area contributed by atoms with E-state index in [1.165, 1.54) is 0 Å². The van der Waals surface area contributed by atoms with Crippen molar-refractivity contribution in [3.05, 3.63) is 41.2 Å². The van der Waals surface area contributed by atoms with Gasteiger partial charge in [0.25, 0.3) is 0 Å². The number of aryl methyl sites for hydroxylation is 1. The third-order valence-electron chi connectivity index (χ3n) is 1.88. The second kappa shape index (κ2) is 2.02. The van der Waals surface area contributed by atoms with E-state index in [4.69, 9.17) is 0 Å². The maximum atomic E-state index is 11.1. The number of aromatic nitrogens is 1. The highest BCUT2D eigenvalue weighted by atomic mass is 16.5. The molecule has 56 valence electrons. The van der Waals surface area contributed by atoms with Gasteiger partial charge in [-0.15, -0.1) is 0 Å². The highest BCUT2D eigenvalue weighted by Crippen LogP contribution is 2.18. The van der Waals surface area contributed by atoms with Crippen molar-refractivity contribution >= 4 is 10.9 Å². The Balaban J connectivity index is 2.95. The molecule has 2 aromatic rings. The predicted octanol–water partition coefficient (Wildman–Crippen LogP) is 2.30. The average Bonchev–Trinajstić information content (AvgIpc) is 2.30. The Morgan fingerprint density at radius 1 is 1.27 bits per heavy atom. The summed E-state index contributed by atoms with van der Waals surface area (Å²) in [6.45, 7) is 1.94. The fourth-order valence-electron chi connectivity index (χ4n) is 1.31. The smallest absolute Gasteiger partial charge is 0.0435 e. The highest BCUT2D eigenvalue weighted by Gasteiger charge is 1.96. The van der Waals surface area contributed by atoms with Gasteiger partial charge in [-0.3, -0.25) is 0 Å². The van der Waals surface area contributed by atoms with Gasteiger partial charge in [-0.05, 0) is 18.6 Å². The molecule has 2 nitrogen and oxygen atoms in total. The summed E-state index contributed by atoms with van der Waals surface area (Å²) in [5.74, 6) is 0. The molecule has 0 aliphatic heterocycles. The summed E-state index contributed by atoms with van der Waals surface area (Å²) in [5.41, 5.74) is 1.79. The van der Waals surface area contributed by atoms with E-state index in [-0.39, 0.29) is 0 Å². The topological polar surface area (TPSA) is 28.0 Å². The quantitative estimate of drug-likeness (QED) is 0.560. The van der Waals surface area contributed by atoms with Crippen LogP contribution < -0.4 is 0 Å². The van der Waals surface area contributed by atoms with Crippen molar-refractivity contribution in [2.75, 3.05) is 0 Å². The van der Waals surface area contributed by atoms with Gasteiger partial charge in [0, 0.05) is 17.1 Å². The maximum absolute atomic E-state index is 11.1. The van der Waals surface area contributed by atoms with Gasteiger partial charge in [0.15, 0.2) is 0 Å². The number of fused-ring (bicyclic) bond motifs is 1. The Labute approximate surface area is 64.6 Å². The van der Waals surface area contributed by atoms with E-state index in [0.717, 1.165) is 21.2 Å². The fraction of sp³-hybridized carbons (Fsp3) is 0.111. The van der Waals surface area contributed by atoms with Crippen LogP contribution in [0.2, 0.25) is 0 Å². The van der Waals surface area contributed by atoms with Gasteiger partial charge in [-0.1, -0.05) is 18.2 Å². The summed E-state index contributed by atoms with van der Waals surface area (Å²) in [7, 11) is 0. The minimum absolute atomic E-state index is 0.755. The summed E-state index contributed by atoms with van der Waals surface area (Å²) in [5, 5.41) is 12.2. The lowest BCUT2D eigenvalue weighted by molar-refractivity contribution is 1.14. The molecule has 2 rings (SSSR count). The molecule has 0 aliphatic rings. The number of benzene rings is 1. The first kappa shape index (κ1) is 6.28. The summed E-state index contributed by atoms with van der Waals surface area (Å²) < 4.78 is 0.907. The summed E-state index contributed by atoms with van der Waals surface area (Å²) in [6, 6.07) is 7.60. The number of hydrogen-bond donors (Lipinski definition) is 0. The third-order valence-corrected chi connectivity index (χ3v) is 1.88. The van der Waals surface area contributed by atoms with Crippen LogP contribution in [0.3, 0.4) is 0 Å². The van der Waals surface area contributed by atoms with E-state index in [9.17, 15) is 5.21 Å². The molecule has 1 aromatic heterocycles. The van der Waals surface area contributed by atoms with Crippen molar-refractivity contribution in [2.24, 2.45) is 0 Å². The van der Waals surface area contributed by atoms with Crippen LogP contribution in [-0.4, -0.2) is 4.73 Å². The summed E-state index contributed by atoms with van der Waals surface area (Å²) >= 11 is 0. The zero-order valence-corrected chi connectivity index (χ0v) is 6.24. The van der Waals surface area contributed by atoms with Gasteiger partial charge < -0.3 is 9.94 Å². The Morgan fingerprint density at radius 2 is 2.00 bits per heavy atom. The van der Waals surface area contributed by atoms with E-state index >= 15 is 0 Å². The van der Waals surface area contributed by atoms with Gasteiger partial charge in [-0.2, -0.15) is 0 Å². The molecule has 11 heavy (non-hydrogen) atoms.